The van der Waals surface area contributed by atoms with E-state index in [1.165, 1.54) is 10.7 Å². The minimum Gasteiger partial charge on any atom is -0.404 e. The first-order valence-corrected chi connectivity index (χ1v) is 7.96. The molecule has 1 amide bonds. The van der Waals surface area contributed by atoms with Crippen molar-refractivity contribution in [2.45, 2.75) is 13.3 Å². The van der Waals surface area contributed by atoms with Gasteiger partial charge in [-0.05, 0) is 30.7 Å². The SMILES string of the molecule is Cc1ccc(-c2cc(NC(=O)c3ccc(OC(F)(F)F)cn3)n(C)n2)cc1F. The maximum Gasteiger partial charge on any atom is 0.573 e. The van der Waals surface area contributed by atoms with E-state index in [-0.39, 0.29) is 11.5 Å². The number of nitrogens with one attached hydrogen (secondary N) is 1. The Balaban J connectivity index is 1.75. The van der Waals surface area contributed by atoms with Crippen LogP contribution in [0.1, 0.15) is 16.1 Å². The van der Waals surface area contributed by atoms with Gasteiger partial charge in [0, 0.05) is 18.7 Å². The van der Waals surface area contributed by atoms with Gasteiger partial charge in [0.15, 0.2) is 0 Å². The molecule has 1 N–H and O–H groups in total. The summed E-state index contributed by atoms with van der Waals surface area (Å²) in [6, 6.07) is 8.29. The number of aromatic nitrogens is 3. The van der Waals surface area contributed by atoms with E-state index in [0.29, 0.717) is 22.6 Å². The van der Waals surface area contributed by atoms with Crippen molar-refractivity contribution in [3.8, 4) is 17.0 Å². The second-order valence-electron chi connectivity index (χ2n) is 5.88. The van der Waals surface area contributed by atoms with Gasteiger partial charge in [0.25, 0.3) is 5.91 Å². The lowest BCUT2D eigenvalue weighted by molar-refractivity contribution is -0.274. The van der Waals surface area contributed by atoms with E-state index in [0.717, 1.165) is 18.3 Å². The fourth-order valence-corrected chi connectivity index (χ4v) is 2.37. The molecule has 0 bridgehead atoms. The van der Waals surface area contributed by atoms with E-state index in [1.54, 1.807) is 32.2 Å². The third-order valence-corrected chi connectivity index (χ3v) is 3.79. The van der Waals surface area contributed by atoms with Gasteiger partial charge in [-0.25, -0.2) is 9.37 Å². The summed E-state index contributed by atoms with van der Waals surface area (Å²) in [5.41, 5.74) is 1.36. The highest BCUT2D eigenvalue weighted by atomic mass is 19.4. The Hall–Kier alpha value is -3.43. The van der Waals surface area contributed by atoms with Crippen LogP contribution in [-0.4, -0.2) is 27.0 Å². The molecule has 0 unspecified atom stereocenters. The number of nitrogens with zero attached hydrogens (tertiary/aromatic N) is 3. The Kier molecular flexibility index (Phi) is 5.04. The molecule has 28 heavy (non-hydrogen) atoms. The van der Waals surface area contributed by atoms with Gasteiger partial charge in [0.2, 0.25) is 0 Å². The van der Waals surface area contributed by atoms with Gasteiger partial charge < -0.3 is 10.1 Å². The number of alkyl halides is 3. The topological polar surface area (TPSA) is 69.0 Å². The van der Waals surface area contributed by atoms with Crippen LogP contribution in [0.4, 0.5) is 23.4 Å². The molecular formula is C18H14F4N4O2. The van der Waals surface area contributed by atoms with Crippen molar-refractivity contribution >= 4 is 11.7 Å². The summed E-state index contributed by atoms with van der Waals surface area (Å²) in [4.78, 5) is 15.9. The largest absolute Gasteiger partial charge is 0.573 e. The predicted octanol–water partition coefficient (Wildman–Crippen LogP) is 4.08. The number of halogens is 4. The number of anilines is 1. The summed E-state index contributed by atoms with van der Waals surface area (Å²) in [5, 5.41) is 6.78. The number of aryl methyl sites for hydroxylation is 2. The van der Waals surface area contributed by atoms with Crippen LogP contribution in [0.15, 0.2) is 42.6 Å². The molecule has 1 aromatic carbocycles. The first kappa shape index (κ1) is 19.3. The molecule has 6 nitrogen and oxygen atoms in total. The van der Waals surface area contributed by atoms with Crippen LogP contribution < -0.4 is 10.1 Å². The van der Waals surface area contributed by atoms with Crippen molar-refractivity contribution in [3.05, 3.63) is 59.7 Å². The fraction of sp³-hybridized carbons (Fsp3) is 0.167. The summed E-state index contributed by atoms with van der Waals surface area (Å²) in [5.74, 6) is -1.26. The lowest BCUT2D eigenvalue weighted by Gasteiger charge is -2.09. The number of carbonyl (C=O) groups is 1. The van der Waals surface area contributed by atoms with Gasteiger partial charge in [-0.2, -0.15) is 5.10 Å². The number of amides is 1. The van der Waals surface area contributed by atoms with E-state index in [1.807, 2.05) is 0 Å². The number of hydrogen-bond acceptors (Lipinski definition) is 4. The number of pyridine rings is 1. The molecular weight excluding hydrogens is 380 g/mol. The van der Waals surface area contributed by atoms with Crippen molar-refractivity contribution < 1.29 is 27.1 Å². The highest BCUT2D eigenvalue weighted by Gasteiger charge is 2.31. The molecule has 2 heterocycles. The van der Waals surface area contributed by atoms with Crippen molar-refractivity contribution in [2.24, 2.45) is 7.05 Å². The predicted molar refractivity (Wildman–Crippen MR) is 92.2 cm³/mol. The minimum absolute atomic E-state index is 0.112. The van der Waals surface area contributed by atoms with E-state index >= 15 is 0 Å². The number of rotatable bonds is 4. The van der Waals surface area contributed by atoms with Gasteiger partial charge >= 0.3 is 6.36 Å². The molecule has 0 atom stereocenters. The van der Waals surface area contributed by atoms with E-state index in [4.69, 9.17) is 0 Å². The zero-order valence-electron chi connectivity index (χ0n) is 14.7. The summed E-state index contributed by atoms with van der Waals surface area (Å²) in [7, 11) is 1.58. The molecule has 0 aliphatic carbocycles. The minimum atomic E-state index is -4.84. The molecule has 3 rings (SSSR count). The van der Waals surface area contributed by atoms with Gasteiger partial charge in [0.1, 0.15) is 23.1 Å². The zero-order valence-corrected chi connectivity index (χ0v) is 14.7. The van der Waals surface area contributed by atoms with E-state index < -0.39 is 18.0 Å². The van der Waals surface area contributed by atoms with Crippen molar-refractivity contribution in [1.29, 1.82) is 0 Å². The number of hydrogen-bond donors (Lipinski definition) is 1. The summed E-state index contributed by atoms with van der Waals surface area (Å²) >= 11 is 0. The molecule has 0 saturated heterocycles. The van der Waals surface area contributed by atoms with Crippen LogP contribution in [0.3, 0.4) is 0 Å². The lowest BCUT2D eigenvalue weighted by atomic mass is 10.1. The number of benzene rings is 1. The van der Waals surface area contributed by atoms with Crippen LogP contribution >= 0.6 is 0 Å². The molecule has 10 heteroatoms. The van der Waals surface area contributed by atoms with E-state index in [9.17, 15) is 22.4 Å². The molecule has 0 saturated carbocycles. The first-order chi connectivity index (χ1) is 13.1. The maximum atomic E-state index is 13.7. The molecule has 0 aliphatic heterocycles. The summed E-state index contributed by atoms with van der Waals surface area (Å²) in [6.45, 7) is 1.64. The highest BCUT2D eigenvalue weighted by Crippen LogP contribution is 2.24. The van der Waals surface area contributed by atoms with Gasteiger partial charge in [-0.15, -0.1) is 13.2 Å². The van der Waals surface area contributed by atoms with Gasteiger partial charge in [-0.3, -0.25) is 9.48 Å². The second kappa shape index (κ2) is 7.29. The molecule has 0 spiro atoms. The number of ether oxygens (including phenoxy) is 1. The van der Waals surface area contributed by atoms with Crippen molar-refractivity contribution in [2.75, 3.05) is 5.32 Å². The summed E-state index contributed by atoms with van der Waals surface area (Å²) < 4.78 is 55.3. The van der Waals surface area contributed by atoms with Crippen LogP contribution in [-0.2, 0) is 7.05 Å². The molecule has 0 aliphatic rings. The zero-order chi connectivity index (χ0) is 20.5. The third kappa shape index (κ3) is 4.45. The average molecular weight is 394 g/mol. The van der Waals surface area contributed by atoms with Crippen LogP contribution in [0, 0.1) is 12.7 Å². The Labute approximate surface area is 156 Å². The van der Waals surface area contributed by atoms with Crippen LogP contribution in [0.2, 0.25) is 0 Å². The third-order valence-electron chi connectivity index (χ3n) is 3.79. The van der Waals surface area contributed by atoms with Crippen molar-refractivity contribution in [1.82, 2.24) is 14.8 Å². The standard InChI is InChI=1S/C18H14F4N4O2/c1-10-3-4-11(7-13(10)19)15-8-16(26(2)25-15)24-17(27)14-6-5-12(9-23-14)28-18(20,21)22/h3-9H,1-2H3,(H,24,27). The summed E-state index contributed by atoms with van der Waals surface area (Å²) in [6.07, 6.45) is -4.04. The van der Waals surface area contributed by atoms with E-state index in [2.05, 4.69) is 20.1 Å². The first-order valence-electron chi connectivity index (χ1n) is 7.96. The molecule has 146 valence electrons. The van der Waals surface area contributed by atoms with Gasteiger partial charge in [0.05, 0.1) is 11.9 Å². The number of carbonyl (C=O) groups excluding carboxylic acids is 1. The lowest BCUT2D eigenvalue weighted by Crippen LogP contribution is -2.18. The Bertz CT molecular complexity index is 1010. The van der Waals surface area contributed by atoms with Crippen LogP contribution in [0.25, 0.3) is 11.3 Å². The van der Waals surface area contributed by atoms with Crippen LogP contribution in [0.5, 0.6) is 5.75 Å². The molecule has 2 aromatic heterocycles. The van der Waals surface area contributed by atoms with Gasteiger partial charge in [-0.1, -0.05) is 12.1 Å². The Morgan fingerprint density at radius 3 is 2.54 bits per heavy atom. The molecule has 3 aromatic rings. The Morgan fingerprint density at radius 2 is 1.93 bits per heavy atom. The van der Waals surface area contributed by atoms with Crippen molar-refractivity contribution in [3.63, 3.8) is 0 Å². The Morgan fingerprint density at radius 1 is 1.18 bits per heavy atom. The molecule has 0 radical (unpaired) electrons. The molecule has 0 fully saturated rings. The highest BCUT2D eigenvalue weighted by molar-refractivity contribution is 6.02. The second-order valence-corrected chi connectivity index (χ2v) is 5.88. The maximum absolute atomic E-state index is 13.7. The monoisotopic (exact) mass is 394 g/mol. The normalized spacial score (nSPS) is 11.4. The fourth-order valence-electron chi connectivity index (χ4n) is 2.37. The smallest absolute Gasteiger partial charge is 0.404 e. The quantitative estimate of drug-likeness (QED) is 0.677. The average Bonchev–Trinajstić information content (AvgIpc) is 2.97.